The van der Waals surface area contributed by atoms with Gasteiger partial charge >= 0.3 is 12.0 Å². The summed E-state index contributed by atoms with van der Waals surface area (Å²) in [5.41, 5.74) is 1.41. The fourth-order valence-electron chi connectivity index (χ4n) is 1.72. The van der Waals surface area contributed by atoms with E-state index in [9.17, 15) is 9.59 Å². The number of anilines is 2. The van der Waals surface area contributed by atoms with Gasteiger partial charge in [0.05, 0.1) is 11.3 Å². The second-order valence-corrected chi connectivity index (χ2v) is 5.18. The first-order chi connectivity index (χ1) is 9.99. The number of nitrogens with zero attached hydrogens (tertiary/aromatic N) is 1. The van der Waals surface area contributed by atoms with Crippen LogP contribution >= 0.6 is 15.9 Å². The molecular formula is C15H13BrN2O3. The van der Waals surface area contributed by atoms with Gasteiger partial charge in [-0.05, 0) is 46.3 Å². The molecule has 0 fully saturated rings. The summed E-state index contributed by atoms with van der Waals surface area (Å²) >= 11 is 3.25. The Morgan fingerprint density at radius 1 is 1.14 bits per heavy atom. The van der Waals surface area contributed by atoms with Crippen LogP contribution in [0.2, 0.25) is 0 Å². The first-order valence-corrected chi connectivity index (χ1v) is 6.91. The number of para-hydroxylation sites is 1. The zero-order chi connectivity index (χ0) is 15.4. The van der Waals surface area contributed by atoms with Crippen molar-refractivity contribution in [1.29, 1.82) is 0 Å². The second-order valence-electron chi connectivity index (χ2n) is 4.32. The van der Waals surface area contributed by atoms with E-state index in [1.807, 2.05) is 30.3 Å². The average molecular weight is 349 g/mol. The maximum absolute atomic E-state index is 12.2. The minimum atomic E-state index is -1.02. The van der Waals surface area contributed by atoms with Crippen molar-refractivity contribution in [1.82, 2.24) is 0 Å². The summed E-state index contributed by atoms with van der Waals surface area (Å²) in [6, 6.07) is 13.3. The standard InChI is InChI=1S/C15H13BrN2O3/c1-18(11-5-3-2-4-6-11)15(21)17-13-8-7-10(14(19)20)9-12(13)16/h2-9H,1H3,(H,17,21)(H,19,20). The number of carbonyl (C=O) groups is 2. The van der Waals surface area contributed by atoms with Crippen LogP contribution in [0, 0.1) is 0 Å². The van der Waals surface area contributed by atoms with E-state index in [0.29, 0.717) is 10.2 Å². The Labute approximate surface area is 130 Å². The molecule has 2 aromatic rings. The van der Waals surface area contributed by atoms with E-state index in [0.717, 1.165) is 5.69 Å². The van der Waals surface area contributed by atoms with Crippen molar-refractivity contribution in [2.24, 2.45) is 0 Å². The van der Waals surface area contributed by atoms with Crippen LogP contribution in [0.15, 0.2) is 53.0 Å². The van der Waals surface area contributed by atoms with E-state index in [2.05, 4.69) is 21.2 Å². The van der Waals surface area contributed by atoms with E-state index in [-0.39, 0.29) is 11.6 Å². The largest absolute Gasteiger partial charge is 0.478 e. The molecule has 2 rings (SSSR count). The highest BCUT2D eigenvalue weighted by atomic mass is 79.9. The summed E-state index contributed by atoms with van der Waals surface area (Å²) in [5.74, 6) is -1.02. The van der Waals surface area contributed by atoms with E-state index in [1.54, 1.807) is 13.1 Å². The van der Waals surface area contributed by atoms with Gasteiger partial charge in [-0.15, -0.1) is 0 Å². The molecule has 2 amide bonds. The van der Waals surface area contributed by atoms with Gasteiger partial charge in [0.1, 0.15) is 0 Å². The van der Waals surface area contributed by atoms with Crippen LogP contribution in [0.3, 0.4) is 0 Å². The van der Waals surface area contributed by atoms with E-state index < -0.39 is 5.97 Å². The molecule has 108 valence electrons. The van der Waals surface area contributed by atoms with E-state index in [4.69, 9.17) is 5.11 Å². The molecule has 5 nitrogen and oxygen atoms in total. The number of rotatable bonds is 3. The smallest absolute Gasteiger partial charge is 0.335 e. The Bertz CT molecular complexity index is 674. The van der Waals surface area contributed by atoms with Gasteiger partial charge in [-0.25, -0.2) is 9.59 Å². The molecule has 6 heteroatoms. The number of nitrogens with one attached hydrogen (secondary N) is 1. The van der Waals surface area contributed by atoms with Crippen LogP contribution < -0.4 is 10.2 Å². The predicted molar refractivity (Wildman–Crippen MR) is 85.0 cm³/mol. The zero-order valence-electron chi connectivity index (χ0n) is 11.2. The molecule has 0 unspecified atom stereocenters. The summed E-state index contributed by atoms with van der Waals surface area (Å²) in [7, 11) is 1.66. The molecule has 0 saturated carbocycles. The van der Waals surface area contributed by atoms with Crippen LogP contribution in [0.1, 0.15) is 10.4 Å². The number of hydrogen-bond acceptors (Lipinski definition) is 2. The van der Waals surface area contributed by atoms with Gasteiger partial charge in [-0.1, -0.05) is 18.2 Å². The maximum atomic E-state index is 12.2. The topological polar surface area (TPSA) is 69.6 Å². The summed E-state index contributed by atoms with van der Waals surface area (Å²) < 4.78 is 0.511. The van der Waals surface area contributed by atoms with Gasteiger partial charge in [0, 0.05) is 17.2 Å². The first-order valence-electron chi connectivity index (χ1n) is 6.11. The molecule has 0 saturated heterocycles. The molecule has 0 atom stereocenters. The highest BCUT2D eigenvalue weighted by molar-refractivity contribution is 9.10. The third-order valence-corrected chi connectivity index (χ3v) is 3.56. The Hall–Kier alpha value is -2.34. The lowest BCUT2D eigenvalue weighted by molar-refractivity contribution is 0.0697. The second kappa shape index (κ2) is 6.41. The fraction of sp³-hybridized carbons (Fsp3) is 0.0667. The third-order valence-electron chi connectivity index (χ3n) is 2.91. The van der Waals surface area contributed by atoms with Gasteiger partial charge in [0.25, 0.3) is 0 Å². The monoisotopic (exact) mass is 348 g/mol. The minimum absolute atomic E-state index is 0.149. The van der Waals surface area contributed by atoms with Crippen LogP contribution in [-0.4, -0.2) is 24.2 Å². The zero-order valence-corrected chi connectivity index (χ0v) is 12.8. The number of hydrogen-bond donors (Lipinski definition) is 2. The van der Waals surface area contributed by atoms with E-state index >= 15 is 0 Å². The number of benzene rings is 2. The Morgan fingerprint density at radius 2 is 1.81 bits per heavy atom. The highest BCUT2D eigenvalue weighted by Crippen LogP contribution is 2.24. The van der Waals surface area contributed by atoms with Gasteiger partial charge in [-0.2, -0.15) is 0 Å². The normalized spacial score (nSPS) is 10.0. The Balaban J connectivity index is 2.15. The first kappa shape index (κ1) is 15.1. The summed E-state index contributed by atoms with van der Waals surface area (Å²) in [4.78, 5) is 24.5. The lowest BCUT2D eigenvalue weighted by atomic mass is 10.2. The summed E-state index contributed by atoms with van der Waals surface area (Å²) in [5, 5.41) is 11.6. The molecule has 0 aliphatic rings. The SMILES string of the molecule is CN(C(=O)Nc1ccc(C(=O)O)cc1Br)c1ccccc1. The van der Waals surface area contributed by atoms with Crippen molar-refractivity contribution < 1.29 is 14.7 Å². The average Bonchev–Trinajstić information content (AvgIpc) is 2.49. The molecule has 0 radical (unpaired) electrons. The van der Waals surface area contributed by atoms with Crippen LogP contribution in [0.4, 0.5) is 16.2 Å². The predicted octanol–water partition coefficient (Wildman–Crippen LogP) is 3.82. The fourth-order valence-corrected chi connectivity index (χ4v) is 2.20. The number of amides is 2. The van der Waals surface area contributed by atoms with Crippen molar-refractivity contribution >= 4 is 39.3 Å². The van der Waals surface area contributed by atoms with Crippen molar-refractivity contribution in [3.63, 3.8) is 0 Å². The van der Waals surface area contributed by atoms with Gasteiger partial charge in [-0.3, -0.25) is 4.90 Å². The lowest BCUT2D eigenvalue weighted by Crippen LogP contribution is -2.31. The van der Waals surface area contributed by atoms with Gasteiger partial charge in [0.2, 0.25) is 0 Å². The maximum Gasteiger partial charge on any atom is 0.335 e. The van der Waals surface area contributed by atoms with Crippen molar-refractivity contribution in [3.8, 4) is 0 Å². The van der Waals surface area contributed by atoms with Crippen LogP contribution in [0.25, 0.3) is 0 Å². The Kier molecular flexibility index (Phi) is 4.59. The number of carbonyl (C=O) groups excluding carboxylic acids is 1. The molecule has 0 spiro atoms. The van der Waals surface area contributed by atoms with E-state index in [1.165, 1.54) is 17.0 Å². The number of urea groups is 1. The highest BCUT2D eigenvalue weighted by Gasteiger charge is 2.13. The summed E-state index contributed by atoms with van der Waals surface area (Å²) in [6.45, 7) is 0. The van der Waals surface area contributed by atoms with Crippen molar-refractivity contribution in [3.05, 3.63) is 58.6 Å². The molecule has 0 aromatic heterocycles. The number of carboxylic acid groups (broad SMARTS) is 1. The molecule has 0 heterocycles. The summed E-state index contributed by atoms with van der Waals surface area (Å²) in [6.07, 6.45) is 0. The molecule has 0 aliphatic heterocycles. The number of aromatic carboxylic acids is 1. The molecule has 2 aromatic carbocycles. The lowest BCUT2D eigenvalue weighted by Gasteiger charge is -2.18. The molecular weight excluding hydrogens is 336 g/mol. The molecule has 21 heavy (non-hydrogen) atoms. The van der Waals surface area contributed by atoms with Crippen LogP contribution in [-0.2, 0) is 0 Å². The molecule has 0 aliphatic carbocycles. The van der Waals surface area contributed by atoms with Crippen LogP contribution in [0.5, 0.6) is 0 Å². The van der Waals surface area contributed by atoms with Crippen molar-refractivity contribution in [2.45, 2.75) is 0 Å². The quantitative estimate of drug-likeness (QED) is 0.885. The van der Waals surface area contributed by atoms with Gasteiger partial charge < -0.3 is 10.4 Å². The minimum Gasteiger partial charge on any atom is -0.478 e. The van der Waals surface area contributed by atoms with Gasteiger partial charge in [0.15, 0.2) is 0 Å². The third kappa shape index (κ3) is 3.61. The number of halogens is 1. The van der Waals surface area contributed by atoms with Crippen molar-refractivity contribution in [2.75, 3.05) is 17.3 Å². The Morgan fingerprint density at radius 3 is 2.38 bits per heavy atom. The number of carboxylic acids is 1. The molecule has 0 bridgehead atoms. The molecule has 2 N–H and O–H groups in total.